The number of benzene rings is 2. The maximum Gasteiger partial charge on any atom is 1.00 e. The van der Waals surface area contributed by atoms with Crippen LogP contribution in [-0.2, 0) is 9.59 Å². The average molecular weight is 475 g/mol. The molecule has 0 radical (unpaired) electrons. The van der Waals surface area contributed by atoms with Crippen molar-refractivity contribution in [1.82, 2.24) is 5.32 Å². The van der Waals surface area contributed by atoms with E-state index in [0.29, 0.717) is 16.7 Å². The van der Waals surface area contributed by atoms with Crippen LogP contribution in [0.15, 0.2) is 30.3 Å². The van der Waals surface area contributed by atoms with Crippen molar-refractivity contribution in [3.05, 3.63) is 71.5 Å². The molecule has 33 heavy (non-hydrogen) atoms. The van der Waals surface area contributed by atoms with Crippen molar-refractivity contribution in [2.24, 2.45) is 5.92 Å². The molecule has 172 valence electrons. The van der Waals surface area contributed by atoms with E-state index in [0.717, 1.165) is 48.2 Å². The van der Waals surface area contributed by atoms with Gasteiger partial charge in [-0.3, -0.25) is 27.6 Å². The Hall–Kier alpha value is -1.64. The maximum absolute atomic E-state index is 12.1. The summed E-state index contributed by atoms with van der Waals surface area (Å²) >= 11 is 0. The third-order valence-electron chi connectivity index (χ3n) is 5.56. The molecule has 6 nitrogen and oxygen atoms in total. The van der Waals surface area contributed by atoms with Crippen LogP contribution in [0, 0.1) is 33.1 Å². The summed E-state index contributed by atoms with van der Waals surface area (Å²) in [6.45, 7) is 7.51. The minimum atomic E-state index is -0.218. The number of ether oxygens (including phenoxy) is 1. The van der Waals surface area contributed by atoms with Gasteiger partial charge in [-0.15, -0.1) is 6.07 Å². The van der Waals surface area contributed by atoms with Gasteiger partial charge in [0.1, 0.15) is 5.75 Å². The zero-order valence-electron chi connectivity index (χ0n) is 20.2. The molecule has 2 amide bonds. The van der Waals surface area contributed by atoms with Gasteiger partial charge in [-0.25, -0.2) is 11.6 Å². The molecule has 3 rings (SSSR count). The normalized spacial score (nSPS) is 13.0. The predicted octanol–water partition coefficient (Wildman–Crippen LogP) is 1.34. The van der Waals surface area contributed by atoms with Crippen LogP contribution in [0.2, 0.25) is 0 Å². The minimum absolute atomic E-state index is 0. The summed E-state index contributed by atoms with van der Waals surface area (Å²) in [6.07, 6.45) is 8.06. The molecule has 7 heteroatoms. The molecular formula is C26H31KN2O4-2. The van der Waals surface area contributed by atoms with Gasteiger partial charge in [-0.2, -0.15) is 12.8 Å². The van der Waals surface area contributed by atoms with Crippen molar-refractivity contribution < 1.29 is 70.5 Å². The first kappa shape index (κ1) is 29.4. The Bertz CT molecular complexity index is 969. The number of amides is 2. The van der Waals surface area contributed by atoms with E-state index in [1.807, 2.05) is 25.1 Å². The summed E-state index contributed by atoms with van der Waals surface area (Å²) in [4.78, 5) is 33.9. The van der Waals surface area contributed by atoms with E-state index in [4.69, 9.17) is 4.74 Å². The van der Waals surface area contributed by atoms with Crippen molar-refractivity contribution in [2.45, 2.75) is 39.5 Å². The molecule has 0 bridgehead atoms. The summed E-state index contributed by atoms with van der Waals surface area (Å²) in [5.74, 6) is 0.880. The zero-order valence-corrected chi connectivity index (χ0v) is 23.3. The van der Waals surface area contributed by atoms with Crippen molar-refractivity contribution in [3.8, 4) is 5.75 Å². The number of hydrogen-bond acceptors (Lipinski definition) is 4. The number of carbonyl (C=O) groups excluding carboxylic acids is 3. The first-order chi connectivity index (χ1) is 15.3. The molecule has 0 atom stereocenters. The number of hydrogen-bond donors (Lipinski definition) is 2. The summed E-state index contributed by atoms with van der Waals surface area (Å²) < 4.78 is 5.26. The molecule has 0 heterocycles. The van der Waals surface area contributed by atoms with E-state index >= 15 is 0 Å². The summed E-state index contributed by atoms with van der Waals surface area (Å²) in [5, 5.41) is 5.47. The first-order valence-corrected chi connectivity index (χ1v) is 10.6. The van der Waals surface area contributed by atoms with E-state index in [1.165, 1.54) is 6.07 Å². The first-order valence-electron chi connectivity index (χ1n) is 10.6. The SMILES string of the molecule is COc1cc(NC(=O)C2CC[CH-]CC2)ccc1C.[CH2-]c1c(C)cc(C(=O)NC)cc1[C-]=O.[K+]. The monoisotopic (exact) mass is 474 g/mol. The molecule has 1 aliphatic carbocycles. The Morgan fingerprint density at radius 1 is 1.12 bits per heavy atom. The Labute approximate surface area is 239 Å². The minimum Gasteiger partial charge on any atom is -0.496 e. The molecule has 1 fully saturated rings. The quantitative estimate of drug-likeness (QED) is 0.506. The van der Waals surface area contributed by atoms with Crippen molar-refractivity contribution in [1.29, 1.82) is 0 Å². The van der Waals surface area contributed by atoms with E-state index in [2.05, 4.69) is 24.0 Å². The molecule has 2 N–H and O–H groups in total. The van der Waals surface area contributed by atoms with Gasteiger partial charge in [0.05, 0.1) is 7.11 Å². The molecule has 2 aromatic carbocycles. The van der Waals surface area contributed by atoms with Crippen LogP contribution in [0.4, 0.5) is 5.69 Å². The molecule has 0 saturated heterocycles. The molecule has 0 aromatic heterocycles. The molecule has 1 aliphatic rings. The van der Waals surface area contributed by atoms with E-state index in [9.17, 15) is 14.4 Å². The molecule has 2 aromatic rings. The van der Waals surface area contributed by atoms with Gasteiger partial charge in [-0.1, -0.05) is 25.8 Å². The van der Waals surface area contributed by atoms with Crippen LogP contribution in [0.5, 0.6) is 5.75 Å². The maximum atomic E-state index is 12.1. The number of rotatable bonds is 5. The molecule has 0 unspecified atom stereocenters. The standard InChI is InChI=1S/C15H20NO2.C11H11NO2.K/c1-11-8-9-13(10-14(11)18-2)16-15(17)12-6-4-3-5-7-12;1-7-4-9(11(14)12-3)5-10(6-13)8(7)2;/h3,8-10,12H,4-7H2,1-2H3,(H,16,17);4-5H,2H2,1,3H3,(H,12,14);/q-1;-2;+1. The Kier molecular flexibility index (Phi) is 13.0. The van der Waals surface area contributed by atoms with Crippen LogP contribution in [-0.4, -0.2) is 32.3 Å². The van der Waals surface area contributed by atoms with Crippen molar-refractivity contribution in [2.75, 3.05) is 19.5 Å². The second-order valence-electron chi connectivity index (χ2n) is 7.81. The van der Waals surface area contributed by atoms with E-state index in [-0.39, 0.29) is 69.1 Å². The van der Waals surface area contributed by atoms with Crippen LogP contribution in [0.25, 0.3) is 0 Å². The average Bonchev–Trinajstić information content (AvgIpc) is 2.82. The number of anilines is 1. The molecule has 0 spiro atoms. The van der Waals surface area contributed by atoms with E-state index < -0.39 is 0 Å². The fourth-order valence-electron chi connectivity index (χ4n) is 3.51. The molecule has 1 saturated carbocycles. The fourth-order valence-corrected chi connectivity index (χ4v) is 3.51. The summed E-state index contributed by atoms with van der Waals surface area (Å²) in [6, 6.07) is 8.94. The second kappa shape index (κ2) is 14.6. The van der Waals surface area contributed by atoms with Crippen LogP contribution >= 0.6 is 0 Å². The Morgan fingerprint density at radius 3 is 2.36 bits per heavy atom. The van der Waals surface area contributed by atoms with Gasteiger partial charge in [0, 0.05) is 24.7 Å². The Morgan fingerprint density at radius 2 is 1.79 bits per heavy atom. The van der Waals surface area contributed by atoms with E-state index in [1.54, 1.807) is 33.4 Å². The van der Waals surface area contributed by atoms with Crippen LogP contribution in [0.3, 0.4) is 0 Å². The Balaban J connectivity index is 0.000000331. The smallest absolute Gasteiger partial charge is 0.496 e. The van der Waals surface area contributed by atoms with Gasteiger partial charge < -0.3 is 26.6 Å². The fraction of sp³-hybridized carbons (Fsp3) is 0.346. The van der Waals surface area contributed by atoms with Gasteiger partial charge in [0.2, 0.25) is 11.8 Å². The largest absolute Gasteiger partial charge is 1.00 e. The molecular weight excluding hydrogens is 443 g/mol. The van der Waals surface area contributed by atoms with Gasteiger partial charge >= 0.3 is 51.4 Å². The molecule has 0 aliphatic heterocycles. The van der Waals surface area contributed by atoms with Gasteiger partial charge in [0.25, 0.3) is 0 Å². The third-order valence-corrected chi connectivity index (χ3v) is 5.56. The number of methoxy groups -OCH3 is 1. The van der Waals surface area contributed by atoms with Crippen LogP contribution in [0.1, 0.15) is 58.3 Å². The predicted molar refractivity (Wildman–Crippen MR) is 126 cm³/mol. The summed E-state index contributed by atoms with van der Waals surface area (Å²) in [7, 11) is 3.19. The number of aryl methyl sites for hydroxylation is 2. The van der Waals surface area contributed by atoms with Gasteiger partial charge in [-0.05, 0) is 30.4 Å². The van der Waals surface area contributed by atoms with Crippen molar-refractivity contribution in [3.63, 3.8) is 0 Å². The summed E-state index contributed by atoms with van der Waals surface area (Å²) in [5.41, 5.74) is 4.11. The zero-order chi connectivity index (χ0) is 23.7. The third kappa shape index (κ3) is 8.57. The van der Waals surface area contributed by atoms with Crippen molar-refractivity contribution >= 4 is 23.8 Å². The number of nitrogens with one attached hydrogen (secondary N) is 2. The topological polar surface area (TPSA) is 84.5 Å². The van der Waals surface area contributed by atoms with Gasteiger partial charge in [0.15, 0.2) is 0 Å². The van der Waals surface area contributed by atoms with Crippen LogP contribution < -0.4 is 66.8 Å². The number of carbonyl (C=O) groups is 2. The second-order valence-corrected chi connectivity index (χ2v) is 7.81.